The molecule has 0 aromatic heterocycles. The summed E-state index contributed by atoms with van der Waals surface area (Å²) < 4.78 is 11.4. The SMILES string of the molecule is COc1ccc(NC(=O)N(C)CC2CC(Oc3ccc(CN4CCCC4)c(Cl)c3)C2)c(C)c1. The van der Waals surface area contributed by atoms with E-state index in [4.69, 9.17) is 21.1 Å². The molecule has 1 saturated heterocycles. The molecule has 1 aliphatic carbocycles. The topological polar surface area (TPSA) is 54.0 Å². The number of halogens is 1. The number of amides is 2. The Bertz CT molecular complexity index is 971. The quantitative estimate of drug-likeness (QED) is 0.546. The zero-order valence-electron chi connectivity index (χ0n) is 19.8. The Hall–Kier alpha value is -2.44. The van der Waals surface area contributed by atoms with Gasteiger partial charge < -0.3 is 19.7 Å². The molecule has 0 spiro atoms. The molecule has 33 heavy (non-hydrogen) atoms. The van der Waals surface area contributed by atoms with Crippen LogP contribution in [0.5, 0.6) is 11.5 Å². The van der Waals surface area contributed by atoms with Crippen LogP contribution in [0, 0.1) is 12.8 Å². The number of hydrogen-bond donors (Lipinski definition) is 1. The van der Waals surface area contributed by atoms with Crippen LogP contribution in [0.25, 0.3) is 0 Å². The summed E-state index contributed by atoms with van der Waals surface area (Å²) >= 11 is 6.51. The van der Waals surface area contributed by atoms with Crippen molar-refractivity contribution < 1.29 is 14.3 Å². The number of aryl methyl sites for hydroxylation is 1. The van der Waals surface area contributed by atoms with Gasteiger partial charge in [0.1, 0.15) is 11.5 Å². The minimum absolute atomic E-state index is 0.104. The summed E-state index contributed by atoms with van der Waals surface area (Å²) in [6, 6.07) is 11.6. The van der Waals surface area contributed by atoms with Crippen molar-refractivity contribution in [2.24, 2.45) is 5.92 Å². The molecule has 0 radical (unpaired) electrons. The van der Waals surface area contributed by atoms with Crippen LogP contribution in [0.1, 0.15) is 36.8 Å². The van der Waals surface area contributed by atoms with Gasteiger partial charge in [-0.1, -0.05) is 17.7 Å². The number of ether oxygens (including phenoxy) is 2. The van der Waals surface area contributed by atoms with Gasteiger partial charge in [-0.25, -0.2) is 4.79 Å². The number of rotatable bonds is 8. The van der Waals surface area contributed by atoms with Gasteiger partial charge in [0.25, 0.3) is 0 Å². The van der Waals surface area contributed by atoms with E-state index in [2.05, 4.69) is 16.3 Å². The van der Waals surface area contributed by atoms with Crippen LogP contribution in [0.4, 0.5) is 10.5 Å². The largest absolute Gasteiger partial charge is 0.497 e. The van der Waals surface area contributed by atoms with Crippen molar-refractivity contribution in [2.45, 2.75) is 45.3 Å². The molecular weight excluding hydrogens is 438 g/mol. The molecule has 178 valence electrons. The second kappa shape index (κ2) is 10.7. The molecule has 2 aromatic rings. The molecule has 1 aliphatic heterocycles. The zero-order chi connectivity index (χ0) is 23.4. The van der Waals surface area contributed by atoms with Crippen LogP contribution in [0.15, 0.2) is 36.4 Å². The van der Waals surface area contributed by atoms with E-state index in [1.54, 1.807) is 12.0 Å². The van der Waals surface area contributed by atoms with E-state index < -0.39 is 0 Å². The normalized spacial score (nSPS) is 20.2. The maximum Gasteiger partial charge on any atom is 0.321 e. The minimum atomic E-state index is -0.104. The van der Waals surface area contributed by atoms with E-state index in [1.165, 1.54) is 12.8 Å². The third-order valence-corrected chi connectivity index (χ3v) is 7.02. The molecule has 4 rings (SSSR count). The summed E-state index contributed by atoms with van der Waals surface area (Å²) in [6.07, 6.45) is 4.61. The number of urea groups is 1. The van der Waals surface area contributed by atoms with Gasteiger partial charge in [0.2, 0.25) is 0 Å². The van der Waals surface area contributed by atoms with Crippen LogP contribution in [-0.4, -0.2) is 55.7 Å². The van der Waals surface area contributed by atoms with Gasteiger partial charge >= 0.3 is 6.03 Å². The number of carbonyl (C=O) groups excluding carboxylic acids is 1. The summed E-state index contributed by atoms with van der Waals surface area (Å²) in [5.41, 5.74) is 2.93. The smallest absolute Gasteiger partial charge is 0.321 e. The van der Waals surface area contributed by atoms with Crippen LogP contribution < -0.4 is 14.8 Å². The highest BCUT2D eigenvalue weighted by molar-refractivity contribution is 6.31. The molecule has 2 aliphatic rings. The lowest BCUT2D eigenvalue weighted by atomic mass is 9.82. The molecule has 2 aromatic carbocycles. The first kappa shape index (κ1) is 23.7. The van der Waals surface area contributed by atoms with Crippen LogP contribution >= 0.6 is 11.6 Å². The number of nitrogens with one attached hydrogen (secondary N) is 1. The van der Waals surface area contributed by atoms with Crippen molar-refractivity contribution in [3.8, 4) is 11.5 Å². The highest BCUT2D eigenvalue weighted by Crippen LogP contribution is 2.34. The summed E-state index contributed by atoms with van der Waals surface area (Å²) in [5, 5.41) is 3.76. The Morgan fingerprint density at radius 2 is 1.88 bits per heavy atom. The van der Waals surface area contributed by atoms with Gasteiger partial charge in [-0.3, -0.25) is 4.90 Å². The molecule has 1 N–H and O–H groups in total. The molecule has 0 bridgehead atoms. The molecule has 1 heterocycles. The average molecular weight is 472 g/mol. The van der Waals surface area contributed by atoms with Gasteiger partial charge in [-0.15, -0.1) is 0 Å². The number of carbonyl (C=O) groups is 1. The highest BCUT2D eigenvalue weighted by atomic mass is 35.5. The fourth-order valence-electron chi connectivity index (χ4n) is 4.61. The second-order valence-electron chi connectivity index (χ2n) is 9.31. The lowest BCUT2D eigenvalue weighted by Crippen LogP contribution is -2.43. The van der Waals surface area contributed by atoms with E-state index in [0.717, 1.165) is 65.8 Å². The Morgan fingerprint density at radius 3 is 2.55 bits per heavy atom. The van der Waals surface area contributed by atoms with Crippen molar-refractivity contribution in [1.82, 2.24) is 9.80 Å². The van der Waals surface area contributed by atoms with Crippen molar-refractivity contribution in [3.05, 3.63) is 52.5 Å². The van der Waals surface area contributed by atoms with Gasteiger partial charge in [-0.2, -0.15) is 0 Å². The fraction of sp³-hybridized carbons (Fsp3) is 0.500. The van der Waals surface area contributed by atoms with E-state index in [1.807, 2.05) is 44.3 Å². The number of nitrogens with zero attached hydrogens (tertiary/aromatic N) is 2. The van der Waals surface area contributed by atoms with Crippen molar-refractivity contribution in [1.29, 1.82) is 0 Å². The summed E-state index contributed by atoms with van der Waals surface area (Å²) in [5.74, 6) is 2.05. The van der Waals surface area contributed by atoms with E-state index in [0.29, 0.717) is 12.5 Å². The molecule has 2 amide bonds. The zero-order valence-corrected chi connectivity index (χ0v) is 20.5. The third-order valence-electron chi connectivity index (χ3n) is 6.67. The molecule has 0 atom stereocenters. The number of methoxy groups -OCH3 is 1. The first-order chi connectivity index (χ1) is 15.9. The monoisotopic (exact) mass is 471 g/mol. The molecule has 2 fully saturated rings. The summed E-state index contributed by atoms with van der Waals surface area (Å²) in [6.45, 7) is 5.89. The van der Waals surface area contributed by atoms with Gasteiger partial charge in [0.05, 0.1) is 13.2 Å². The fourth-order valence-corrected chi connectivity index (χ4v) is 4.84. The Morgan fingerprint density at radius 1 is 1.15 bits per heavy atom. The first-order valence-corrected chi connectivity index (χ1v) is 12.1. The Balaban J connectivity index is 1.21. The highest BCUT2D eigenvalue weighted by Gasteiger charge is 2.32. The van der Waals surface area contributed by atoms with Crippen molar-refractivity contribution in [2.75, 3.05) is 39.1 Å². The predicted molar refractivity (Wildman–Crippen MR) is 132 cm³/mol. The first-order valence-electron chi connectivity index (χ1n) is 11.8. The molecule has 7 heteroatoms. The number of likely N-dealkylation sites (tertiary alicyclic amines) is 1. The van der Waals surface area contributed by atoms with E-state index in [9.17, 15) is 4.79 Å². The van der Waals surface area contributed by atoms with Gasteiger partial charge in [0.15, 0.2) is 0 Å². The second-order valence-corrected chi connectivity index (χ2v) is 9.71. The maximum atomic E-state index is 12.6. The molecule has 1 saturated carbocycles. The summed E-state index contributed by atoms with van der Waals surface area (Å²) in [4.78, 5) is 16.8. The van der Waals surface area contributed by atoms with Gasteiger partial charge in [-0.05, 0) is 93.1 Å². The average Bonchev–Trinajstić information content (AvgIpc) is 3.28. The van der Waals surface area contributed by atoms with Crippen LogP contribution in [0.3, 0.4) is 0 Å². The van der Waals surface area contributed by atoms with Crippen LogP contribution in [0.2, 0.25) is 5.02 Å². The molecule has 0 unspecified atom stereocenters. The molecule has 6 nitrogen and oxygen atoms in total. The third kappa shape index (κ3) is 6.12. The lowest BCUT2D eigenvalue weighted by Gasteiger charge is -2.37. The Kier molecular flexibility index (Phi) is 7.66. The predicted octanol–water partition coefficient (Wildman–Crippen LogP) is 5.57. The van der Waals surface area contributed by atoms with E-state index >= 15 is 0 Å². The van der Waals surface area contributed by atoms with Crippen LogP contribution in [-0.2, 0) is 6.54 Å². The maximum absolute atomic E-state index is 12.6. The van der Waals surface area contributed by atoms with Crippen molar-refractivity contribution >= 4 is 23.3 Å². The van der Waals surface area contributed by atoms with E-state index in [-0.39, 0.29) is 12.1 Å². The summed E-state index contributed by atoms with van der Waals surface area (Å²) in [7, 11) is 3.47. The number of benzene rings is 2. The Labute approximate surface area is 201 Å². The number of hydrogen-bond acceptors (Lipinski definition) is 4. The molecular formula is C26H34ClN3O3. The number of anilines is 1. The minimum Gasteiger partial charge on any atom is -0.497 e. The standard InChI is InChI=1S/C26H34ClN3O3/c1-18-12-21(32-3)8-9-25(18)28-26(31)29(2)16-19-13-23(14-19)33-22-7-6-20(24(27)15-22)17-30-10-4-5-11-30/h6-9,12,15,19,23H,4-5,10-11,13-14,16-17H2,1-3H3,(H,28,31). The lowest BCUT2D eigenvalue weighted by molar-refractivity contribution is 0.0532. The van der Waals surface area contributed by atoms with Crippen molar-refractivity contribution in [3.63, 3.8) is 0 Å². The van der Waals surface area contributed by atoms with Gasteiger partial charge in [0, 0.05) is 30.8 Å².